The first-order valence-electron chi connectivity index (χ1n) is 3.68. The van der Waals surface area contributed by atoms with Crippen molar-refractivity contribution in [2.45, 2.75) is 19.4 Å². The standard InChI is InChI=1S/C8H13NO2/c1-6-3-5-11-8(6)7(10)2-4-9/h3,5,7,10H,2,4,9H2,1H3. The number of aryl methyl sites for hydroxylation is 1. The SMILES string of the molecule is Cc1ccoc1C(O)CCN. The van der Waals surface area contributed by atoms with Gasteiger partial charge in [-0.3, -0.25) is 0 Å². The Hall–Kier alpha value is -0.800. The van der Waals surface area contributed by atoms with Crippen LogP contribution in [0.1, 0.15) is 23.8 Å². The van der Waals surface area contributed by atoms with Crippen LogP contribution < -0.4 is 5.73 Å². The van der Waals surface area contributed by atoms with E-state index in [0.717, 1.165) is 5.56 Å². The molecule has 0 spiro atoms. The summed E-state index contributed by atoms with van der Waals surface area (Å²) in [6.45, 7) is 2.37. The van der Waals surface area contributed by atoms with Gasteiger partial charge >= 0.3 is 0 Å². The third-order valence-corrected chi connectivity index (χ3v) is 1.64. The molecule has 11 heavy (non-hydrogen) atoms. The largest absolute Gasteiger partial charge is 0.466 e. The summed E-state index contributed by atoms with van der Waals surface area (Å²) in [5.74, 6) is 0.635. The first kappa shape index (κ1) is 8.30. The predicted molar refractivity (Wildman–Crippen MR) is 42.1 cm³/mol. The summed E-state index contributed by atoms with van der Waals surface area (Å²) in [5.41, 5.74) is 6.26. The molecule has 3 heteroatoms. The van der Waals surface area contributed by atoms with Crippen LogP contribution >= 0.6 is 0 Å². The van der Waals surface area contributed by atoms with Crippen molar-refractivity contribution in [2.24, 2.45) is 5.73 Å². The van der Waals surface area contributed by atoms with Crippen LogP contribution in [0.5, 0.6) is 0 Å². The third kappa shape index (κ3) is 1.82. The van der Waals surface area contributed by atoms with Crippen molar-refractivity contribution in [1.29, 1.82) is 0 Å². The quantitative estimate of drug-likeness (QED) is 0.683. The van der Waals surface area contributed by atoms with E-state index in [0.29, 0.717) is 18.7 Å². The lowest BCUT2D eigenvalue weighted by Crippen LogP contribution is -2.06. The monoisotopic (exact) mass is 155 g/mol. The van der Waals surface area contributed by atoms with Crippen LogP contribution in [0.3, 0.4) is 0 Å². The van der Waals surface area contributed by atoms with Gasteiger partial charge in [0.15, 0.2) is 0 Å². The van der Waals surface area contributed by atoms with E-state index in [2.05, 4.69) is 0 Å². The fraction of sp³-hybridized carbons (Fsp3) is 0.500. The van der Waals surface area contributed by atoms with Gasteiger partial charge in [-0.25, -0.2) is 0 Å². The molecule has 0 radical (unpaired) electrons. The Kier molecular flexibility index (Phi) is 2.68. The zero-order valence-corrected chi connectivity index (χ0v) is 6.58. The molecule has 1 unspecified atom stereocenters. The molecule has 1 aromatic heterocycles. The van der Waals surface area contributed by atoms with E-state index < -0.39 is 6.10 Å². The molecule has 0 amide bonds. The molecular formula is C8H13NO2. The van der Waals surface area contributed by atoms with Gasteiger partial charge in [-0.05, 0) is 31.5 Å². The number of aliphatic hydroxyl groups excluding tert-OH is 1. The fourth-order valence-electron chi connectivity index (χ4n) is 1.01. The third-order valence-electron chi connectivity index (χ3n) is 1.64. The van der Waals surface area contributed by atoms with Crippen LogP contribution in [0.4, 0.5) is 0 Å². The number of hydrogen-bond donors (Lipinski definition) is 2. The van der Waals surface area contributed by atoms with E-state index in [9.17, 15) is 5.11 Å². The second-order valence-electron chi connectivity index (χ2n) is 2.56. The van der Waals surface area contributed by atoms with Crippen molar-refractivity contribution in [3.63, 3.8) is 0 Å². The van der Waals surface area contributed by atoms with Crippen molar-refractivity contribution in [3.8, 4) is 0 Å². The second-order valence-corrected chi connectivity index (χ2v) is 2.56. The maximum atomic E-state index is 9.42. The number of hydrogen-bond acceptors (Lipinski definition) is 3. The van der Waals surface area contributed by atoms with Crippen LogP contribution in [0.15, 0.2) is 16.7 Å². The van der Waals surface area contributed by atoms with Gasteiger partial charge in [-0.1, -0.05) is 0 Å². The summed E-state index contributed by atoms with van der Waals surface area (Å²) < 4.78 is 5.07. The van der Waals surface area contributed by atoms with Gasteiger partial charge < -0.3 is 15.3 Å². The van der Waals surface area contributed by atoms with Gasteiger partial charge in [-0.15, -0.1) is 0 Å². The molecule has 0 aliphatic heterocycles. The number of furan rings is 1. The van der Waals surface area contributed by atoms with E-state index in [1.165, 1.54) is 0 Å². The summed E-state index contributed by atoms with van der Waals surface area (Å²) in [5, 5.41) is 9.42. The molecule has 62 valence electrons. The first-order valence-corrected chi connectivity index (χ1v) is 3.68. The zero-order chi connectivity index (χ0) is 8.27. The average Bonchev–Trinajstić information content (AvgIpc) is 2.36. The maximum absolute atomic E-state index is 9.42. The Morgan fingerprint density at radius 1 is 1.73 bits per heavy atom. The van der Waals surface area contributed by atoms with E-state index in [1.54, 1.807) is 6.26 Å². The summed E-state index contributed by atoms with van der Waals surface area (Å²) in [7, 11) is 0. The van der Waals surface area contributed by atoms with Gasteiger partial charge in [0.2, 0.25) is 0 Å². The molecule has 0 aromatic carbocycles. The Balaban J connectivity index is 2.67. The highest BCUT2D eigenvalue weighted by Gasteiger charge is 2.11. The van der Waals surface area contributed by atoms with E-state index in [1.807, 2.05) is 13.0 Å². The van der Waals surface area contributed by atoms with Crippen molar-refractivity contribution in [1.82, 2.24) is 0 Å². The van der Waals surface area contributed by atoms with Crippen LogP contribution in [0.2, 0.25) is 0 Å². The van der Waals surface area contributed by atoms with Gasteiger partial charge in [-0.2, -0.15) is 0 Å². The van der Waals surface area contributed by atoms with Gasteiger partial charge in [0.25, 0.3) is 0 Å². The molecule has 0 aliphatic carbocycles. The normalized spacial score (nSPS) is 13.4. The molecule has 3 nitrogen and oxygen atoms in total. The minimum Gasteiger partial charge on any atom is -0.466 e. The smallest absolute Gasteiger partial charge is 0.135 e. The van der Waals surface area contributed by atoms with Gasteiger partial charge in [0.05, 0.1) is 6.26 Å². The van der Waals surface area contributed by atoms with E-state index in [-0.39, 0.29) is 0 Å². The molecule has 1 rings (SSSR count). The molecule has 0 saturated carbocycles. The number of nitrogens with two attached hydrogens (primary N) is 1. The number of aliphatic hydroxyl groups is 1. The lowest BCUT2D eigenvalue weighted by Gasteiger charge is -2.05. The van der Waals surface area contributed by atoms with Crippen LogP contribution in [-0.2, 0) is 0 Å². The van der Waals surface area contributed by atoms with Crippen molar-refractivity contribution >= 4 is 0 Å². The second kappa shape index (κ2) is 3.55. The highest BCUT2D eigenvalue weighted by atomic mass is 16.4. The molecule has 0 aliphatic rings. The van der Waals surface area contributed by atoms with Crippen LogP contribution in [0.25, 0.3) is 0 Å². The molecule has 0 bridgehead atoms. The van der Waals surface area contributed by atoms with Gasteiger partial charge in [0, 0.05) is 0 Å². The van der Waals surface area contributed by atoms with Gasteiger partial charge in [0.1, 0.15) is 11.9 Å². The summed E-state index contributed by atoms with van der Waals surface area (Å²) in [6, 6.07) is 1.83. The Morgan fingerprint density at radius 3 is 2.91 bits per heavy atom. The molecule has 1 atom stereocenters. The topological polar surface area (TPSA) is 59.4 Å². The summed E-state index contributed by atoms with van der Waals surface area (Å²) >= 11 is 0. The summed E-state index contributed by atoms with van der Waals surface area (Å²) in [4.78, 5) is 0. The molecular weight excluding hydrogens is 142 g/mol. The Labute approximate surface area is 65.8 Å². The van der Waals surface area contributed by atoms with Crippen molar-refractivity contribution in [3.05, 3.63) is 23.7 Å². The summed E-state index contributed by atoms with van der Waals surface area (Å²) in [6.07, 6.45) is 1.58. The van der Waals surface area contributed by atoms with Crippen LogP contribution in [-0.4, -0.2) is 11.7 Å². The molecule has 3 N–H and O–H groups in total. The minimum atomic E-state index is -0.546. The highest BCUT2D eigenvalue weighted by molar-refractivity contribution is 5.16. The minimum absolute atomic E-state index is 0.474. The lowest BCUT2D eigenvalue weighted by molar-refractivity contribution is 0.142. The molecule has 1 heterocycles. The first-order chi connectivity index (χ1) is 5.25. The van der Waals surface area contributed by atoms with Crippen molar-refractivity contribution in [2.75, 3.05) is 6.54 Å². The van der Waals surface area contributed by atoms with Crippen molar-refractivity contribution < 1.29 is 9.52 Å². The average molecular weight is 155 g/mol. The molecule has 0 fully saturated rings. The number of rotatable bonds is 3. The maximum Gasteiger partial charge on any atom is 0.135 e. The van der Waals surface area contributed by atoms with E-state index in [4.69, 9.17) is 10.2 Å². The fourth-order valence-corrected chi connectivity index (χ4v) is 1.01. The lowest BCUT2D eigenvalue weighted by atomic mass is 10.1. The zero-order valence-electron chi connectivity index (χ0n) is 6.58. The van der Waals surface area contributed by atoms with Crippen LogP contribution in [0, 0.1) is 6.92 Å². The highest BCUT2D eigenvalue weighted by Crippen LogP contribution is 2.20. The predicted octanol–water partition coefficient (Wildman–Crippen LogP) is 0.970. The van der Waals surface area contributed by atoms with E-state index >= 15 is 0 Å². The Bertz CT molecular complexity index is 220. The Morgan fingerprint density at radius 2 is 2.45 bits per heavy atom. The molecule has 1 aromatic rings. The molecule has 0 saturated heterocycles.